The van der Waals surface area contributed by atoms with Gasteiger partial charge in [-0.15, -0.1) is 0 Å². The van der Waals surface area contributed by atoms with Gasteiger partial charge < -0.3 is 4.74 Å². The zero-order valence-electron chi connectivity index (χ0n) is 7.43. The lowest BCUT2D eigenvalue weighted by atomic mass is 10.1. The molecule has 0 aromatic rings. The van der Waals surface area contributed by atoms with Crippen LogP contribution in [0.15, 0.2) is 28.7 Å². The van der Waals surface area contributed by atoms with Crippen molar-refractivity contribution in [3.63, 3.8) is 0 Å². The second-order valence-electron chi connectivity index (χ2n) is 2.36. The molecule has 0 unspecified atom stereocenters. The third-order valence-corrected chi connectivity index (χ3v) is 1.49. The first kappa shape index (κ1) is 10.0. The van der Waals surface area contributed by atoms with E-state index < -0.39 is 11.6 Å². The van der Waals surface area contributed by atoms with E-state index in [1.54, 1.807) is 6.92 Å². The first-order chi connectivity index (χ1) is 6.70. The molecule has 0 bridgehead atoms. The highest BCUT2D eigenvalue weighted by Crippen LogP contribution is 2.16. The van der Waals surface area contributed by atoms with Gasteiger partial charge in [0.1, 0.15) is 5.70 Å². The fourth-order valence-electron chi connectivity index (χ4n) is 0.958. The Kier molecular flexibility index (Phi) is 3.04. The van der Waals surface area contributed by atoms with Crippen molar-refractivity contribution >= 4 is 11.6 Å². The molecule has 72 valence electrons. The molecule has 6 nitrogen and oxygen atoms in total. The maximum absolute atomic E-state index is 11.2. The molecule has 0 fully saturated rings. The van der Waals surface area contributed by atoms with Gasteiger partial charge in [-0.25, -0.2) is 0 Å². The lowest BCUT2D eigenvalue weighted by Gasteiger charge is -2.10. The van der Waals surface area contributed by atoms with Crippen molar-refractivity contribution in [3.8, 4) is 0 Å². The van der Waals surface area contributed by atoms with E-state index in [1.165, 1.54) is 0 Å². The van der Waals surface area contributed by atoms with Gasteiger partial charge in [0.25, 0.3) is 0 Å². The van der Waals surface area contributed by atoms with E-state index in [-0.39, 0.29) is 18.1 Å². The summed E-state index contributed by atoms with van der Waals surface area (Å²) >= 11 is 0. The van der Waals surface area contributed by atoms with Crippen molar-refractivity contribution in [2.24, 2.45) is 5.11 Å². The van der Waals surface area contributed by atoms with E-state index in [4.69, 9.17) is 10.3 Å². The summed E-state index contributed by atoms with van der Waals surface area (Å²) in [5, 5.41) is 3.13. The van der Waals surface area contributed by atoms with Crippen molar-refractivity contribution in [3.05, 3.63) is 34.1 Å². The molecule has 0 aliphatic heterocycles. The number of rotatable bonds is 3. The molecule has 0 atom stereocenters. The molecule has 0 saturated heterocycles. The SMILES string of the molecule is CCOC1=C(N=[N+]=[N-])C(=O)C=CC1=O. The van der Waals surface area contributed by atoms with E-state index in [2.05, 4.69) is 10.0 Å². The number of ether oxygens (including phenoxy) is 1. The average molecular weight is 193 g/mol. The van der Waals surface area contributed by atoms with E-state index in [1.807, 2.05) is 0 Å². The van der Waals surface area contributed by atoms with Crippen LogP contribution in [0.5, 0.6) is 0 Å². The van der Waals surface area contributed by atoms with Crippen LogP contribution >= 0.6 is 0 Å². The standard InChI is InChI=1S/C8H7N3O3/c1-2-14-8-6(13)4-3-5(12)7(8)10-11-9/h3-4H,2H2,1H3. The quantitative estimate of drug-likeness (QED) is 0.292. The third kappa shape index (κ3) is 1.81. The van der Waals surface area contributed by atoms with Crippen molar-refractivity contribution in [1.29, 1.82) is 0 Å². The molecule has 0 aromatic heterocycles. The van der Waals surface area contributed by atoms with E-state index in [9.17, 15) is 9.59 Å². The Bertz CT molecular complexity index is 389. The molecule has 1 aliphatic carbocycles. The van der Waals surface area contributed by atoms with Gasteiger partial charge in [-0.2, -0.15) is 0 Å². The number of carbonyl (C=O) groups is 2. The van der Waals surface area contributed by atoms with Gasteiger partial charge in [0.05, 0.1) is 6.61 Å². The number of allylic oxidation sites excluding steroid dienone is 2. The number of nitrogens with zero attached hydrogens (tertiary/aromatic N) is 3. The van der Waals surface area contributed by atoms with Crippen molar-refractivity contribution in [2.45, 2.75) is 6.92 Å². The monoisotopic (exact) mass is 193 g/mol. The molecule has 14 heavy (non-hydrogen) atoms. The first-order valence-electron chi connectivity index (χ1n) is 3.89. The number of hydrogen-bond acceptors (Lipinski definition) is 4. The lowest BCUT2D eigenvalue weighted by Crippen LogP contribution is -2.15. The minimum atomic E-state index is -0.522. The van der Waals surface area contributed by atoms with E-state index in [0.29, 0.717) is 0 Å². The summed E-state index contributed by atoms with van der Waals surface area (Å²) < 4.78 is 4.92. The second kappa shape index (κ2) is 4.25. The van der Waals surface area contributed by atoms with Crippen LogP contribution in [-0.2, 0) is 14.3 Å². The van der Waals surface area contributed by atoms with E-state index in [0.717, 1.165) is 12.2 Å². The van der Waals surface area contributed by atoms with Crippen molar-refractivity contribution in [1.82, 2.24) is 0 Å². The molecule has 0 aromatic carbocycles. The molecule has 0 saturated carbocycles. The lowest BCUT2D eigenvalue weighted by molar-refractivity contribution is -0.117. The molecule has 6 heteroatoms. The van der Waals surface area contributed by atoms with Crippen LogP contribution in [0.2, 0.25) is 0 Å². The largest absolute Gasteiger partial charge is 0.489 e. The Balaban J connectivity index is 3.19. The summed E-state index contributed by atoms with van der Waals surface area (Å²) in [5.74, 6) is -1.17. The molecule has 0 spiro atoms. The van der Waals surface area contributed by atoms with E-state index >= 15 is 0 Å². The van der Waals surface area contributed by atoms with Gasteiger partial charge >= 0.3 is 0 Å². The van der Waals surface area contributed by atoms with Crippen molar-refractivity contribution in [2.75, 3.05) is 6.61 Å². The number of hydrogen-bond donors (Lipinski definition) is 0. The molecule has 0 amide bonds. The Labute approximate surface area is 79.5 Å². The van der Waals surface area contributed by atoms with Crippen LogP contribution in [0.25, 0.3) is 10.4 Å². The zero-order chi connectivity index (χ0) is 10.6. The highest BCUT2D eigenvalue weighted by molar-refractivity contribution is 6.19. The number of carbonyl (C=O) groups excluding carboxylic acids is 2. The summed E-state index contributed by atoms with van der Waals surface area (Å²) in [4.78, 5) is 24.8. The van der Waals surface area contributed by atoms with Gasteiger partial charge in [-0.1, -0.05) is 5.11 Å². The van der Waals surface area contributed by atoms with Gasteiger partial charge in [0.2, 0.25) is 5.78 Å². The molecule has 0 N–H and O–H groups in total. The van der Waals surface area contributed by atoms with Crippen molar-refractivity contribution < 1.29 is 14.3 Å². The fraction of sp³-hybridized carbons (Fsp3) is 0.250. The van der Waals surface area contributed by atoms with Gasteiger partial charge in [0.15, 0.2) is 11.5 Å². The fourth-order valence-corrected chi connectivity index (χ4v) is 0.958. The van der Waals surface area contributed by atoms with Gasteiger partial charge in [-0.05, 0) is 24.6 Å². The van der Waals surface area contributed by atoms with Crippen LogP contribution in [0.1, 0.15) is 6.92 Å². The molecule has 0 heterocycles. The minimum absolute atomic E-state index is 0.183. The Morgan fingerprint density at radius 3 is 2.64 bits per heavy atom. The highest BCUT2D eigenvalue weighted by atomic mass is 16.5. The summed E-state index contributed by atoms with van der Waals surface area (Å²) in [6.45, 7) is 1.89. The summed E-state index contributed by atoms with van der Waals surface area (Å²) in [6, 6.07) is 0. The minimum Gasteiger partial charge on any atom is -0.489 e. The smallest absolute Gasteiger partial charge is 0.221 e. The maximum Gasteiger partial charge on any atom is 0.221 e. The highest BCUT2D eigenvalue weighted by Gasteiger charge is 2.22. The van der Waals surface area contributed by atoms with Gasteiger partial charge in [-0.3, -0.25) is 9.59 Å². The number of azide groups is 1. The van der Waals surface area contributed by atoms with Crippen LogP contribution in [0.4, 0.5) is 0 Å². The maximum atomic E-state index is 11.2. The van der Waals surface area contributed by atoms with Crippen LogP contribution < -0.4 is 0 Å². The van der Waals surface area contributed by atoms with Crippen LogP contribution in [0.3, 0.4) is 0 Å². The average Bonchev–Trinajstić information content (AvgIpc) is 2.17. The molecule has 0 radical (unpaired) electrons. The summed E-state index contributed by atoms with van der Waals surface area (Å²) in [7, 11) is 0. The normalized spacial score (nSPS) is 15.5. The molecule has 1 rings (SSSR count). The number of ketones is 2. The topological polar surface area (TPSA) is 92.1 Å². The Morgan fingerprint density at radius 2 is 2.07 bits per heavy atom. The van der Waals surface area contributed by atoms with Gasteiger partial charge in [0, 0.05) is 4.91 Å². The predicted molar refractivity (Wildman–Crippen MR) is 47.0 cm³/mol. The molecular formula is C8H7N3O3. The molecular weight excluding hydrogens is 186 g/mol. The third-order valence-electron chi connectivity index (χ3n) is 1.49. The van der Waals surface area contributed by atoms with Crippen LogP contribution in [0, 0.1) is 0 Å². The molecule has 1 aliphatic rings. The summed E-state index contributed by atoms with van der Waals surface area (Å²) in [6.07, 6.45) is 2.14. The predicted octanol–water partition coefficient (Wildman–Crippen LogP) is 1.25. The summed E-state index contributed by atoms with van der Waals surface area (Å²) in [5.41, 5.74) is 7.91. The zero-order valence-corrected chi connectivity index (χ0v) is 7.43. The Morgan fingerprint density at radius 1 is 1.43 bits per heavy atom. The second-order valence-corrected chi connectivity index (χ2v) is 2.36. The Hall–Kier alpha value is -2.07. The first-order valence-corrected chi connectivity index (χ1v) is 3.89. The van der Waals surface area contributed by atoms with Crippen LogP contribution in [-0.4, -0.2) is 18.2 Å².